The Kier molecular flexibility index (Phi) is 18.7. The molecule has 0 rings (SSSR count). The number of aliphatic hydroxyl groups excluding tert-OH is 12. The lowest BCUT2D eigenvalue weighted by Gasteiger charge is -2.27. The van der Waals surface area contributed by atoms with Gasteiger partial charge in [0.05, 0.1) is 19.3 Å². The molecular formula is C22H45N3O15. The average Bonchev–Trinajstić information content (AvgIpc) is 2.93. The van der Waals surface area contributed by atoms with Crippen LogP contribution in [-0.2, 0) is 9.59 Å². The number of aliphatic carboxylic acids is 1. The number of hydrogen-bond donors (Lipinski definition) is 16. The fourth-order valence-electron chi connectivity index (χ4n) is 3.38. The summed E-state index contributed by atoms with van der Waals surface area (Å²) in [6, 6.07) is -1.35. The highest BCUT2D eigenvalue weighted by atomic mass is 16.4. The molecule has 0 aromatic rings. The third-order valence-electron chi connectivity index (χ3n) is 6.22. The van der Waals surface area contributed by atoms with Crippen LogP contribution in [0.15, 0.2) is 0 Å². The van der Waals surface area contributed by atoms with Gasteiger partial charge in [0.15, 0.2) is 6.23 Å². The van der Waals surface area contributed by atoms with Gasteiger partial charge in [0, 0.05) is 13.0 Å². The SMILES string of the molecule is C[C@@H](CCC(=O)N[C@H](O)[C@H](O)[C@@H](O)[C@@H](O)CO)[C@@H](O)N[C@@H](CC[C@@H](O)NC[C@H](O)[C@@H](O)[C@H](O)[C@H](O)CO)C(=O)O. The number of carboxylic acids is 1. The summed E-state index contributed by atoms with van der Waals surface area (Å²) in [6.45, 7) is -0.735. The maximum Gasteiger partial charge on any atom is 0.320 e. The van der Waals surface area contributed by atoms with E-state index in [4.69, 9.17) is 10.2 Å². The molecule has 0 aliphatic heterocycles. The second-order valence-electron chi connectivity index (χ2n) is 9.56. The summed E-state index contributed by atoms with van der Waals surface area (Å²) in [7, 11) is 0. The van der Waals surface area contributed by atoms with Crippen molar-refractivity contribution in [2.24, 2.45) is 5.92 Å². The molecule has 0 fully saturated rings. The molecule has 1 amide bonds. The number of aliphatic hydroxyl groups is 12. The van der Waals surface area contributed by atoms with Crippen molar-refractivity contribution in [3.63, 3.8) is 0 Å². The number of amides is 1. The Balaban J connectivity index is 4.63. The maximum atomic E-state index is 12.0. The summed E-state index contributed by atoms with van der Waals surface area (Å²) in [5, 5.41) is 131. The molecule has 18 nitrogen and oxygen atoms in total. The standard InChI is InChI=1S/C22H45N3O15/c1-9(2-4-15(32)25-21(38)19(36)18(35)13(30)8-27)20(37)24-10(22(39)40)3-5-14(31)23-6-11(28)16(33)17(34)12(29)7-26/h9-14,16-21,23-24,26-31,33-38H,2-8H2,1H3,(H,25,32)(H,39,40)/t9-,10-,11-,12+,13-,14+,16+,17+,18-,19+,20+,21+/m0/s1. The molecule has 0 saturated carbocycles. The molecule has 16 N–H and O–H groups in total. The zero-order valence-corrected chi connectivity index (χ0v) is 22.0. The first kappa shape index (κ1) is 38.4. The Bertz CT molecular complexity index is 723. The second kappa shape index (κ2) is 19.5. The predicted octanol–water partition coefficient (Wildman–Crippen LogP) is -7.60. The van der Waals surface area contributed by atoms with Crippen LogP contribution in [0.25, 0.3) is 0 Å². The van der Waals surface area contributed by atoms with Gasteiger partial charge in [0.25, 0.3) is 0 Å². The van der Waals surface area contributed by atoms with Crippen LogP contribution < -0.4 is 16.0 Å². The van der Waals surface area contributed by atoms with Crippen molar-refractivity contribution in [3.8, 4) is 0 Å². The van der Waals surface area contributed by atoms with Crippen molar-refractivity contribution in [2.75, 3.05) is 19.8 Å². The fraction of sp³-hybridized carbons (Fsp3) is 0.909. The Morgan fingerprint density at radius 3 is 1.68 bits per heavy atom. The molecule has 40 heavy (non-hydrogen) atoms. The summed E-state index contributed by atoms with van der Waals surface area (Å²) >= 11 is 0. The molecule has 0 aliphatic carbocycles. The summed E-state index contributed by atoms with van der Waals surface area (Å²) in [5.74, 6) is -2.86. The van der Waals surface area contributed by atoms with E-state index < -0.39 is 105 Å². The molecule has 0 aromatic carbocycles. The lowest BCUT2D eigenvalue weighted by Crippen LogP contribution is -2.52. The van der Waals surface area contributed by atoms with Crippen molar-refractivity contribution in [3.05, 3.63) is 0 Å². The van der Waals surface area contributed by atoms with Gasteiger partial charge in [-0.25, -0.2) is 0 Å². The van der Waals surface area contributed by atoms with Crippen LogP contribution in [0.1, 0.15) is 32.6 Å². The average molecular weight is 592 g/mol. The monoisotopic (exact) mass is 591 g/mol. The highest BCUT2D eigenvalue weighted by Gasteiger charge is 2.32. The zero-order valence-electron chi connectivity index (χ0n) is 22.0. The van der Waals surface area contributed by atoms with Gasteiger partial charge >= 0.3 is 5.97 Å². The van der Waals surface area contributed by atoms with E-state index in [0.29, 0.717) is 0 Å². The van der Waals surface area contributed by atoms with Gasteiger partial charge < -0.3 is 71.7 Å². The molecule has 12 atom stereocenters. The van der Waals surface area contributed by atoms with Gasteiger partial charge in [0.2, 0.25) is 5.91 Å². The summed E-state index contributed by atoms with van der Waals surface area (Å²) in [6.07, 6.45) is -18.3. The number of carbonyl (C=O) groups excluding carboxylic acids is 1. The van der Waals surface area contributed by atoms with Gasteiger partial charge in [-0.05, 0) is 25.2 Å². The van der Waals surface area contributed by atoms with Crippen LogP contribution in [0, 0.1) is 5.92 Å². The van der Waals surface area contributed by atoms with Crippen LogP contribution in [0.2, 0.25) is 0 Å². The number of hydrogen-bond acceptors (Lipinski definition) is 16. The van der Waals surface area contributed by atoms with Crippen LogP contribution >= 0.6 is 0 Å². The van der Waals surface area contributed by atoms with Crippen molar-refractivity contribution < 1.29 is 76.0 Å². The lowest BCUT2D eigenvalue weighted by atomic mass is 10.0. The molecule has 0 aliphatic rings. The number of carboxylic acid groups (broad SMARTS) is 1. The molecule has 18 heteroatoms. The molecule has 0 saturated heterocycles. The Morgan fingerprint density at radius 1 is 0.675 bits per heavy atom. The van der Waals surface area contributed by atoms with Crippen LogP contribution in [0.5, 0.6) is 0 Å². The maximum absolute atomic E-state index is 12.0. The Hall–Kier alpha value is -1.62. The van der Waals surface area contributed by atoms with Crippen LogP contribution in [0.3, 0.4) is 0 Å². The minimum atomic E-state index is -2.00. The molecule has 0 spiro atoms. The smallest absolute Gasteiger partial charge is 0.320 e. The van der Waals surface area contributed by atoms with Gasteiger partial charge in [0.1, 0.15) is 55.1 Å². The molecule has 238 valence electrons. The molecule has 0 heterocycles. The molecule has 0 unspecified atom stereocenters. The van der Waals surface area contributed by atoms with Crippen LogP contribution in [-0.4, -0.2) is 165 Å². The van der Waals surface area contributed by atoms with E-state index in [0.717, 1.165) is 0 Å². The quantitative estimate of drug-likeness (QED) is 0.0519. The third kappa shape index (κ3) is 13.8. The lowest BCUT2D eigenvalue weighted by molar-refractivity contribution is -0.142. The Labute approximate surface area is 230 Å². The van der Waals surface area contributed by atoms with Gasteiger partial charge in [-0.2, -0.15) is 0 Å². The van der Waals surface area contributed by atoms with E-state index in [9.17, 15) is 65.8 Å². The zero-order chi connectivity index (χ0) is 31.2. The van der Waals surface area contributed by atoms with E-state index in [1.807, 2.05) is 5.32 Å². The van der Waals surface area contributed by atoms with Gasteiger partial charge in [-0.1, -0.05) is 6.92 Å². The summed E-state index contributed by atoms with van der Waals surface area (Å²) in [5.41, 5.74) is 0. The number of rotatable bonds is 22. The summed E-state index contributed by atoms with van der Waals surface area (Å²) in [4.78, 5) is 23.6. The van der Waals surface area contributed by atoms with E-state index >= 15 is 0 Å². The van der Waals surface area contributed by atoms with Crippen molar-refractivity contribution in [2.45, 2.75) is 100 Å². The minimum absolute atomic E-state index is 0.0157. The summed E-state index contributed by atoms with van der Waals surface area (Å²) < 4.78 is 0. The second-order valence-corrected chi connectivity index (χ2v) is 9.56. The molecule has 0 bridgehead atoms. The van der Waals surface area contributed by atoms with Gasteiger partial charge in [-0.3, -0.25) is 20.2 Å². The molecular weight excluding hydrogens is 546 g/mol. The first-order chi connectivity index (χ1) is 18.6. The highest BCUT2D eigenvalue weighted by Crippen LogP contribution is 2.13. The predicted molar refractivity (Wildman–Crippen MR) is 133 cm³/mol. The van der Waals surface area contributed by atoms with E-state index in [1.165, 1.54) is 6.92 Å². The van der Waals surface area contributed by atoms with Crippen molar-refractivity contribution >= 4 is 11.9 Å². The van der Waals surface area contributed by atoms with E-state index in [2.05, 4.69) is 10.6 Å². The topological polar surface area (TPSA) is 333 Å². The van der Waals surface area contributed by atoms with Crippen molar-refractivity contribution in [1.82, 2.24) is 16.0 Å². The first-order valence-electron chi connectivity index (χ1n) is 12.6. The fourth-order valence-corrected chi connectivity index (χ4v) is 3.38. The number of carbonyl (C=O) groups is 2. The third-order valence-corrected chi connectivity index (χ3v) is 6.22. The van der Waals surface area contributed by atoms with Crippen LogP contribution in [0.4, 0.5) is 0 Å². The highest BCUT2D eigenvalue weighted by molar-refractivity contribution is 5.76. The largest absolute Gasteiger partial charge is 0.480 e. The normalized spacial score (nSPS) is 21.1. The number of nitrogens with one attached hydrogen (secondary N) is 3. The minimum Gasteiger partial charge on any atom is -0.480 e. The van der Waals surface area contributed by atoms with E-state index in [1.54, 1.807) is 0 Å². The molecule has 0 aromatic heterocycles. The first-order valence-corrected chi connectivity index (χ1v) is 12.6. The van der Waals surface area contributed by atoms with E-state index in [-0.39, 0.29) is 25.7 Å². The van der Waals surface area contributed by atoms with Crippen molar-refractivity contribution in [1.29, 1.82) is 0 Å². The molecule has 0 radical (unpaired) electrons. The Morgan fingerprint density at radius 2 is 1.18 bits per heavy atom. The van der Waals surface area contributed by atoms with Gasteiger partial charge in [-0.15, -0.1) is 0 Å².